The summed E-state index contributed by atoms with van der Waals surface area (Å²) in [5.74, 6) is -0.585. The molecule has 7 heteroatoms. The highest BCUT2D eigenvalue weighted by atomic mass is 35.5. The quantitative estimate of drug-likeness (QED) is 0.516. The third kappa shape index (κ3) is 3.04. The molecule has 0 aliphatic carbocycles. The number of nitrogens with two attached hydrogens (primary N) is 1. The van der Waals surface area contributed by atoms with Gasteiger partial charge in [-0.2, -0.15) is 0 Å². The predicted molar refractivity (Wildman–Crippen MR) is 76.9 cm³/mol. The zero-order valence-corrected chi connectivity index (χ0v) is 10.9. The molecule has 20 heavy (non-hydrogen) atoms. The van der Waals surface area contributed by atoms with Crippen molar-refractivity contribution in [3.8, 4) is 0 Å². The van der Waals surface area contributed by atoms with E-state index in [4.69, 9.17) is 17.3 Å². The van der Waals surface area contributed by atoms with Crippen LogP contribution in [0.25, 0.3) is 0 Å². The number of rotatable bonds is 3. The van der Waals surface area contributed by atoms with Crippen molar-refractivity contribution in [2.45, 2.75) is 0 Å². The number of amides is 1. The zero-order valence-electron chi connectivity index (χ0n) is 10.2. The lowest BCUT2D eigenvalue weighted by atomic mass is 10.1. The van der Waals surface area contributed by atoms with E-state index in [0.29, 0.717) is 11.4 Å². The molecule has 0 radical (unpaired) electrons. The van der Waals surface area contributed by atoms with Crippen LogP contribution in [0.4, 0.5) is 17.1 Å². The van der Waals surface area contributed by atoms with Gasteiger partial charge in [-0.25, -0.2) is 0 Å². The van der Waals surface area contributed by atoms with Crippen LogP contribution in [0.1, 0.15) is 10.4 Å². The highest BCUT2D eigenvalue weighted by Crippen LogP contribution is 2.24. The van der Waals surface area contributed by atoms with E-state index in [1.807, 2.05) is 0 Å². The average molecular weight is 292 g/mol. The van der Waals surface area contributed by atoms with Gasteiger partial charge in [0, 0.05) is 22.5 Å². The summed E-state index contributed by atoms with van der Waals surface area (Å²) in [7, 11) is 0. The molecule has 0 saturated heterocycles. The molecule has 0 saturated carbocycles. The van der Waals surface area contributed by atoms with Crippen LogP contribution in [0, 0.1) is 10.1 Å². The topological polar surface area (TPSA) is 98.3 Å². The van der Waals surface area contributed by atoms with Crippen LogP contribution in [0.5, 0.6) is 0 Å². The lowest BCUT2D eigenvalue weighted by Gasteiger charge is -2.06. The Hall–Kier alpha value is -2.60. The first-order valence-corrected chi connectivity index (χ1v) is 5.96. The number of carbonyl (C=O) groups is 1. The number of benzene rings is 2. The largest absolute Gasteiger partial charge is 0.399 e. The summed E-state index contributed by atoms with van der Waals surface area (Å²) in [6, 6.07) is 10.3. The molecule has 0 spiro atoms. The molecule has 2 aromatic carbocycles. The molecule has 6 nitrogen and oxygen atoms in total. The minimum atomic E-state index is -0.649. The van der Waals surface area contributed by atoms with E-state index in [-0.39, 0.29) is 16.3 Å². The summed E-state index contributed by atoms with van der Waals surface area (Å²) >= 11 is 5.69. The predicted octanol–water partition coefficient (Wildman–Crippen LogP) is 3.08. The van der Waals surface area contributed by atoms with Gasteiger partial charge < -0.3 is 11.1 Å². The molecule has 0 aliphatic rings. The second-order valence-corrected chi connectivity index (χ2v) is 4.43. The molecule has 0 heterocycles. The molecule has 1 amide bonds. The van der Waals surface area contributed by atoms with Crippen LogP contribution in [-0.2, 0) is 0 Å². The van der Waals surface area contributed by atoms with Gasteiger partial charge in [-0.05, 0) is 36.4 Å². The van der Waals surface area contributed by atoms with Gasteiger partial charge in [0.15, 0.2) is 0 Å². The van der Waals surface area contributed by atoms with Crippen molar-refractivity contribution in [2.24, 2.45) is 0 Å². The third-order valence-electron chi connectivity index (χ3n) is 2.57. The van der Waals surface area contributed by atoms with Crippen LogP contribution in [0.2, 0.25) is 5.02 Å². The Morgan fingerprint density at radius 3 is 2.45 bits per heavy atom. The fourth-order valence-electron chi connectivity index (χ4n) is 1.61. The van der Waals surface area contributed by atoms with Crippen LogP contribution in [-0.4, -0.2) is 10.8 Å². The summed E-state index contributed by atoms with van der Waals surface area (Å²) in [6.07, 6.45) is 0. The summed E-state index contributed by atoms with van der Waals surface area (Å²) in [5, 5.41) is 13.7. The van der Waals surface area contributed by atoms with E-state index >= 15 is 0 Å². The minimum absolute atomic E-state index is 0.0591. The van der Waals surface area contributed by atoms with E-state index in [1.165, 1.54) is 12.1 Å². The van der Waals surface area contributed by atoms with Gasteiger partial charge in [0.25, 0.3) is 11.6 Å². The van der Waals surface area contributed by atoms with E-state index in [1.54, 1.807) is 24.3 Å². The number of nitro benzene ring substituents is 1. The van der Waals surface area contributed by atoms with Gasteiger partial charge in [-0.3, -0.25) is 14.9 Å². The van der Waals surface area contributed by atoms with E-state index in [9.17, 15) is 14.9 Å². The van der Waals surface area contributed by atoms with Crippen LogP contribution in [0.3, 0.4) is 0 Å². The Kier molecular flexibility index (Phi) is 3.86. The molecule has 0 bridgehead atoms. The molecular weight excluding hydrogens is 282 g/mol. The van der Waals surface area contributed by atoms with Gasteiger partial charge >= 0.3 is 0 Å². The monoisotopic (exact) mass is 291 g/mol. The van der Waals surface area contributed by atoms with Gasteiger partial charge in [-0.15, -0.1) is 0 Å². The number of hydrogen-bond donors (Lipinski definition) is 2. The number of hydrogen-bond acceptors (Lipinski definition) is 4. The maximum Gasteiger partial charge on any atom is 0.283 e. The van der Waals surface area contributed by atoms with Crippen LogP contribution in [0.15, 0.2) is 42.5 Å². The molecule has 3 N–H and O–H groups in total. The molecule has 0 fully saturated rings. The Balaban J connectivity index is 2.29. The highest BCUT2D eigenvalue weighted by molar-refractivity contribution is 6.31. The number of nitrogens with one attached hydrogen (secondary N) is 1. The number of halogens is 1. The number of nitro groups is 1. The molecule has 0 atom stereocenters. The summed E-state index contributed by atoms with van der Waals surface area (Å²) in [5.41, 5.74) is 6.18. The van der Waals surface area contributed by atoms with Gasteiger partial charge in [-0.1, -0.05) is 11.6 Å². The van der Waals surface area contributed by atoms with Gasteiger partial charge in [0.1, 0.15) is 5.56 Å². The Labute approximate surface area is 119 Å². The van der Waals surface area contributed by atoms with Crippen molar-refractivity contribution >= 4 is 34.6 Å². The summed E-state index contributed by atoms with van der Waals surface area (Å²) in [6.45, 7) is 0. The molecule has 2 rings (SSSR count). The average Bonchev–Trinajstić information content (AvgIpc) is 2.41. The van der Waals surface area contributed by atoms with E-state index in [2.05, 4.69) is 5.32 Å². The van der Waals surface area contributed by atoms with Gasteiger partial charge in [0.2, 0.25) is 0 Å². The van der Waals surface area contributed by atoms with E-state index < -0.39 is 10.8 Å². The summed E-state index contributed by atoms with van der Waals surface area (Å²) < 4.78 is 0. The molecule has 0 aliphatic heterocycles. The van der Waals surface area contributed by atoms with Crippen LogP contribution < -0.4 is 11.1 Å². The lowest BCUT2D eigenvalue weighted by molar-refractivity contribution is -0.385. The highest BCUT2D eigenvalue weighted by Gasteiger charge is 2.20. The molecular formula is C13H10ClN3O3. The SMILES string of the molecule is Nc1ccc(NC(=O)c2ccc(Cl)cc2[N+](=O)[O-])cc1. The van der Waals surface area contributed by atoms with Crippen molar-refractivity contribution in [2.75, 3.05) is 11.1 Å². The Morgan fingerprint density at radius 1 is 1.20 bits per heavy atom. The number of carbonyl (C=O) groups excluding carboxylic acids is 1. The second-order valence-electron chi connectivity index (χ2n) is 3.99. The van der Waals surface area contributed by atoms with Gasteiger partial charge in [0.05, 0.1) is 4.92 Å². The molecule has 0 unspecified atom stereocenters. The van der Waals surface area contributed by atoms with Crippen molar-refractivity contribution in [3.63, 3.8) is 0 Å². The first-order chi connectivity index (χ1) is 9.47. The molecule has 2 aromatic rings. The van der Waals surface area contributed by atoms with Crippen molar-refractivity contribution < 1.29 is 9.72 Å². The first-order valence-electron chi connectivity index (χ1n) is 5.58. The lowest BCUT2D eigenvalue weighted by Crippen LogP contribution is -2.13. The standard InChI is InChI=1S/C13H10ClN3O3/c14-8-1-6-11(12(7-8)17(19)20)13(18)16-10-4-2-9(15)3-5-10/h1-7H,15H2,(H,16,18). The van der Waals surface area contributed by atoms with Crippen molar-refractivity contribution in [1.82, 2.24) is 0 Å². The number of nitrogen functional groups attached to an aromatic ring is 1. The first kappa shape index (κ1) is 13.8. The van der Waals surface area contributed by atoms with Crippen molar-refractivity contribution in [3.05, 3.63) is 63.2 Å². The van der Waals surface area contributed by atoms with E-state index in [0.717, 1.165) is 6.07 Å². The third-order valence-corrected chi connectivity index (χ3v) is 2.80. The zero-order chi connectivity index (χ0) is 14.7. The Bertz CT molecular complexity index is 671. The molecule has 102 valence electrons. The smallest absolute Gasteiger partial charge is 0.283 e. The maximum absolute atomic E-state index is 12.0. The fraction of sp³-hybridized carbons (Fsp3) is 0. The summed E-state index contributed by atoms with van der Waals surface area (Å²) in [4.78, 5) is 22.3. The van der Waals surface area contributed by atoms with Crippen LogP contribution >= 0.6 is 11.6 Å². The molecule has 0 aromatic heterocycles. The Morgan fingerprint density at radius 2 is 1.85 bits per heavy atom. The minimum Gasteiger partial charge on any atom is -0.399 e. The fourth-order valence-corrected chi connectivity index (χ4v) is 1.78. The van der Waals surface area contributed by atoms with Crippen molar-refractivity contribution in [1.29, 1.82) is 0 Å². The second kappa shape index (κ2) is 5.58. The number of nitrogens with zero attached hydrogens (tertiary/aromatic N) is 1. The normalized spacial score (nSPS) is 10.1. The maximum atomic E-state index is 12.0. The number of anilines is 2.